The summed E-state index contributed by atoms with van der Waals surface area (Å²) in [5.74, 6) is 0.757. The monoisotopic (exact) mass is 213 g/mol. The van der Waals surface area contributed by atoms with Crippen molar-refractivity contribution in [3.63, 3.8) is 0 Å². The average Bonchev–Trinajstić information content (AvgIpc) is 2.22. The van der Waals surface area contributed by atoms with Gasteiger partial charge in [-0.25, -0.2) is 0 Å². The minimum absolute atomic E-state index is 0.363. The van der Waals surface area contributed by atoms with Gasteiger partial charge in [-0.05, 0) is 38.6 Å². The van der Waals surface area contributed by atoms with Crippen molar-refractivity contribution in [3.8, 4) is 0 Å². The number of hydrogen-bond acceptors (Lipinski definition) is 2. The Hall–Kier alpha value is -0.0800. The Balaban J connectivity index is 2.15. The fourth-order valence-electron chi connectivity index (χ4n) is 2.31. The van der Waals surface area contributed by atoms with Crippen LogP contribution in [0.1, 0.15) is 52.9 Å². The Morgan fingerprint density at radius 2 is 2.07 bits per heavy atom. The van der Waals surface area contributed by atoms with Gasteiger partial charge >= 0.3 is 0 Å². The highest BCUT2D eigenvalue weighted by Crippen LogP contribution is 2.26. The fraction of sp³-hybridized carbons (Fsp3) is 1.00. The van der Waals surface area contributed by atoms with Crippen LogP contribution in [0.15, 0.2) is 0 Å². The summed E-state index contributed by atoms with van der Waals surface area (Å²) in [6.07, 6.45) is 7.43. The van der Waals surface area contributed by atoms with Crippen LogP contribution < -0.4 is 5.32 Å². The zero-order valence-corrected chi connectivity index (χ0v) is 10.6. The zero-order valence-electron chi connectivity index (χ0n) is 10.6. The second-order valence-corrected chi connectivity index (χ2v) is 4.95. The van der Waals surface area contributed by atoms with E-state index in [1.54, 1.807) is 0 Å². The van der Waals surface area contributed by atoms with Crippen molar-refractivity contribution in [1.82, 2.24) is 5.32 Å². The predicted octanol–water partition coefficient (Wildman–Crippen LogP) is 2.97. The quantitative estimate of drug-likeness (QED) is 0.685. The number of hydrogen-bond donors (Lipinski definition) is 1. The van der Waals surface area contributed by atoms with Crippen LogP contribution in [0.5, 0.6) is 0 Å². The van der Waals surface area contributed by atoms with Crippen LogP contribution in [-0.4, -0.2) is 25.3 Å². The van der Waals surface area contributed by atoms with E-state index < -0.39 is 0 Å². The van der Waals surface area contributed by atoms with Crippen LogP contribution in [0.3, 0.4) is 0 Å². The van der Waals surface area contributed by atoms with E-state index in [2.05, 4.69) is 26.1 Å². The van der Waals surface area contributed by atoms with E-state index >= 15 is 0 Å². The van der Waals surface area contributed by atoms with Crippen LogP contribution in [0.2, 0.25) is 0 Å². The second-order valence-electron chi connectivity index (χ2n) is 4.95. The lowest BCUT2D eigenvalue weighted by Gasteiger charge is -2.31. The minimum Gasteiger partial charge on any atom is -0.374 e. The van der Waals surface area contributed by atoms with Gasteiger partial charge in [0.05, 0.1) is 12.2 Å². The molecule has 1 rings (SSSR count). The summed E-state index contributed by atoms with van der Waals surface area (Å²) in [5.41, 5.74) is 0. The molecule has 0 aromatic rings. The summed E-state index contributed by atoms with van der Waals surface area (Å²) in [6, 6.07) is 0. The Kier molecular flexibility index (Phi) is 6.26. The summed E-state index contributed by atoms with van der Waals surface area (Å²) in [4.78, 5) is 0. The van der Waals surface area contributed by atoms with Crippen molar-refractivity contribution < 1.29 is 4.74 Å². The third-order valence-electron chi connectivity index (χ3n) is 3.30. The Labute approximate surface area is 94.8 Å². The summed E-state index contributed by atoms with van der Waals surface area (Å²) >= 11 is 0. The fourth-order valence-corrected chi connectivity index (χ4v) is 2.31. The summed E-state index contributed by atoms with van der Waals surface area (Å²) in [7, 11) is 0. The summed E-state index contributed by atoms with van der Waals surface area (Å²) in [5, 5.41) is 3.41. The van der Waals surface area contributed by atoms with E-state index in [9.17, 15) is 0 Å². The summed E-state index contributed by atoms with van der Waals surface area (Å²) in [6.45, 7) is 8.81. The first-order valence-electron chi connectivity index (χ1n) is 6.60. The molecule has 0 saturated heterocycles. The van der Waals surface area contributed by atoms with E-state index in [-0.39, 0.29) is 0 Å². The molecule has 3 atom stereocenters. The molecule has 0 bridgehead atoms. The third-order valence-corrected chi connectivity index (χ3v) is 3.30. The van der Waals surface area contributed by atoms with Crippen molar-refractivity contribution >= 4 is 0 Å². The smallest absolute Gasteiger partial charge is 0.0675 e. The zero-order chi connectivity index (χ0) is 11.1. The molecule has 15 heavy (non-hydrogen) atoms. The van der Waals surface area contributed by atoms with Crippen molar-refractivity contribution in [2.75, 3.05) is 13.1 Å². The molecule has 2 nitrogen and oxygen atoms in total. The Morgan fingerprint density at radius 1 is 1.33 bits per heavy atom. The van der Waals surface area contributed by atoms with E-state index in [1.165, 1.54) is 32.1 Å². The second kappa shape index (κ2) is 7.24. The van der Waals surface area contributed by atoms with Gasteiger partial charge < -0.3 is 10.1 Å². The first kappa shape index (κ1) is 13.0. The van der Waals surface area contributed by atoms with Crippen molar-refractivity contribution in [2.24, 2.45) is 5.92 Å². The van der Waals surface area contributed by atoms with Gasteiger partial charge in [0.15, 0.2) is 0 Å². The van der Waals surface area contributed by atoms with E-state index in [4.69, 9.17) is 4.74 Å². The average molecular weight is 213 g/mol. The largest absolute Gasteiger partial charge is 0.374 e. The molecule has 1 aliphatic rings. The van der Waals surface area contributed by atoms with Crippen LogP contribution in [0, 0.1) is 5.92 Å². The number of nitrogens with one attached hydrogen (secondary N) is 1. The molecule has 2 heteroatoms. The Bertz CT molecular complexity index is 161. The molecule has 0 heterocycles. The summed E-state index contributed by atoms with van der Waals surface area (Å²) < 4.78 is 6.09. The van der Waals surface area contributed by atoms with Crippen LogP contribution >= 0.6 is 0 Å². The lowest BCUT2D eigenvalue weighted by molar-refractivity contribution is -0.0466. The maximum atomic E-state index is 6.09. The molecule has 0 aliphatic heterocycles. The third kappa shape index (κ3) is 4.98. The van der Waals surface area contributed by atoms with Gasteiger partial charge in [0.1, 0.15) is 0 Å². The first-order valence-corrected chi connectivity index (χ1v) is 6.60. The molecule has 0 amide bonds. The maximum Gasteiger partial charge on any atom is 0.0675 e. The lowest BCUT2D eigenvalue weighted by atomic mass is 9.88. The molecular weight excluding hydrogens is 186 g/mol. The SMILES string of the molecule is CCCNCC(C)OC1CCCCC1C. The molecule has 0 aromatic heterocycles. The van der Waals surface area contributed by atoms with Gasteiger partial charge in [-0.2, -0.15) is 0 Å². The maximum absolute atomic E-state index is 6.09. The molecule has 90 valence electrons. The van der Waals surface area contributed by atoms with Gasteiger partial charge in [0, 0.05) is 6.54 Å². The van der Waals surface area contributed by atoms with Crippen molar-refractivity contribution in [3.05, 3.63) is 0 Å². The molecular formula is C13H27NO. The van der Waals surface area contributed by atoms with Crippen molar-refractivity contribution in [1.29, 1.82) is 0 Å². The van der Waals surface area contributed by atoms with Gasteiger partial charge in [-0.1, -0.05) is 26.7 Å². The van der Waals surface area contributed by atoms with Gasteiger partial charge in [-0.15, -0.1) is 0 Å². The highest BCUT2D eigenvalue weighted by Gasteiger charge is 2.23. The molecule has 3 unspecified atom stereocenters. The molecule has 1 N–H and O–H groups in total. The van der Waals surface area contributed by atoms with Crippen LogP contribution in [0.4, 0.5) is 0 Å². The molecule has 1 saturated carbocycles. The van der Waals surface area contributed by atoms with Gasteiger partial charge in [-0.3, -0.25) is 0 Å². The molecule has 1 fully saturated rings. The highest BCUT2D eigenvalue weighted by molar-refractivity contribution is 4.73. The topological polar surface area (TPSA) is 21.3 Å². The van der Waals surface area contributed by atoms with E-state index in [1.807, 2.05) is 0 Å². The van der Waals surface area contributed by atoms with Crippen LogP contribution in [-0.2, 0) is 4.74 Å². The Morgan fingerprint density at radius 3 is 2.73 bits per heavy atom. The normalized spacial score (nSPS) is 29.0. The number of rotatable bonds is 6. The van der Waals surface area contributed by atoms with Gasteiger partial charge in [0.2, 0.25) is 0 Å². The van der Waals surface area contributed by atoms with Crippen LogP contribution in [0.25, 0.3) is 0 Å². The molecule has 0 aromatic carbocycles. The number of ether oxygens (including phenoxy) is 1. The highest BCUT2D eigenvalue weighted by atomic mass is 16.5. The first-order chi connectivity index (χ1) is 7.24. The van der Waals surface area contributed by atoms with Gasteiger partial charge in [0.25, 0.3) is 0 Å². The lowest BCUT2D eigenvalue weighted by Crippen LogP contribution is -2.34. The molecule has 1 aliphatic carbocycles. The predicted molar refractivity (Wildman–Crippen MR) is 65.1 cm³/mol. The van der Waals surface area contributed by atoms with E-state index in [0.29, 0.717) is 12.2 Å². The molecule has 0 spiro atoms. The standard InChI is InChI=1S/C13H27NO/c1-4-9-14-10-12(3)15-13-8-6-5-7-11(13)2/h11-14H,4-10H2,1-3H3. The van der Waals surface area contributed by atoms with Crippen molar-refractivity contribution in [2.45, 2.75) is 65.1 Å². The minimum atomic E-state index is 0.363. The molecule has 0 radical (unpaired) electrons. The van der Waals surface area contributed by atoms with E-state index in [0.717, 1.165) is 19.0 Å².